The molecule has 0 fully saturated rings. The van der Waals surface area contributed by atoms with Gasteiger partial charge in [0.05, 0.1) is 12.1 Å². The van der Waals surface area contributed by atoms with E-state index in [0.717, 1.165) is 11.1 Å². The summed E-state index contributed by atoms with van der Waals surface area (Å²) in [4.78, 5) is 0. The number of methoxy groups -OCH3 is 1. The van der Waals surface area contributed by atoms with Gasteiger partial charge < -0.3 is 9.84 Å². The third-order valence-electron chi connectivity index (χ3n) is 2.43. The zero-order chi connectivity index (χ0) is 12.4. The van der Waals surface area contributed by atoms with Gasteiger partial charge >= 0.3 is 0 Å². The normalized spacial score (nSPS) is 10.3. The maximum atomic E-state index is 13.2. The number of rotatable bonds is 2. The van der Waals surface area contributed by atoms with E-state index < -0.39 is 5.82 Å². The molecule has 0 bridgehead atoms. The molecule has 0 saturated heterocycles. The van der Waals surface area contributed by atoms with E-state index in [0.29, 0.717) is 0 Å². The maximum absolute atomic E-state index is 13.2. The second-order valence-electron chi connectivity index (χ2n) is 3.52. The smallest absolute Gasteiger partial charge is 0.165 e. The Hall–Kier alpha value is -1.74. The third kappa shape index (κ3) is 2.34. The molecule has 0 atom stereocenters. The van der Waals surface area contributed by atoms with Gasteiger partial charge in [0.1, 0.15) is 5.75 Å². The van der Waals surface area contributed by atoms with E-state index in [9.17, 15) is 9.50 Å². The van der Waals surface area contributed by atoms with Gasteiger partial charge in [0, 0.05) is 0 Å². The minimum absolute atomic E-state index is 0.00698. The Morgan fingerprint density at radius 3 is 2.41 bits per heavy atom. The number of phenolic OH excluding ortho intramolecular Hbond substituents is 1. The molecule has 0 radical (unpaired) electrons. The van der Waals surface area contributed by atoms with Crippen molar-refractivity contribution in [2.24, 2.45) is 0 Å². The highest BCUT2D eigenvalue weighted by molar-refractivity contribution is 6.32. The molecule has 0 aliphatic rings. The van der Waals surface area contributed by atoms with Crippen molar-refractivity contribution in [1.82, 2.24) is 0 Å². The number of hydrogen-bond donors (Lipinski definition) is 1. The lowest BCUT2D eigenvalue weighted by atomic mass is 10.1. The fourth-order valence-electron chi connectivity index (χ4n) is 1.53. The first kappa shape index (κ1) is 11.7. The monoisotopic (exact) mass is 252 g/mol. The van der Waals surface area contributed by atoms with E-state index in [1.54, 1.807) is 24.3 Å². The molecule has 17 heavy (non-hydrogen) atoms. The first-order chi connectivity index (χ1) is 8.11. The Morgan fingerprint density at radius 1 is 1.12 bits per heavy atom. The minimum Gasteiger partial charge on any atom is -0.506 e. The molecule has 4 heteroatoms. The Balaban J connectivity index is 2.49. The fraction of sp³-hybridized carbons (Fsp3) is 0.0769. The molecule has 0 unspecified atom stereocenters. The maximum Gasteiger partial charge on any atom is 0.165 e. The summed E-state index contributed by atoms with van der Waals surface area (Å²) in [7, 11) is 1.40. The second-order valence-corrected chi connectivity index (χ2v) is 3.92. The summed E-state index contributed by atoms with van der Waals surface area (Å²) < 4.78 is 18.1. The molecule has 0 spiro atoms. The summed E-state index contributed by atoms with van der Waals surface area (Å²) in [5.41, 5.74) is 1.49. The lowest BCUT2D eigenvalue weighted by Gasteiger charge is -2.07. The lowest BCUT2D eigenvalue weighted by molar-refractivity contribution is 0.387. The predicted octanol–water partition coefficient (Wildman–Crippen LogP) is 3.86. The van der Waals surface area contributed by atoms with Crippen molar-refractivity contribution in [1.29, 1.82) is 0 Å². The van der Waals surface area contributed by atoms with Crippen LogP contribution in [-0.2, 0) is 0 Å². The molecule has 2 aromatic rings. The van der Waals surface area contributed by atoms with Crippen LogP contribution in [0.4, 0.5) is 4.39 Å². The van der Waals surface area contributed by atoms with Crippen molar-refractivity contribution < 1.29 is 14.2 Å². The highest BCUT2D eigenvalue weighted by Crippen LogP contribution is 2.31. The molecule has 0 aromatic heterocycles. The van der Waals surface area contributed by atoms with Crippen LogP contribution < -0.4 is 4.74 Å². The molecule has 88 valence electrons. The molecule has 0 aliphatic carbocycles. The van der Waals surface area contributed by atoms with Gasteiger partial charge in [0.15, 0.2) is 11.6 Å². The molecule has 0 aliphatic heterocycles. The highest BCUT2D eigenvalue weighted by atomic mass is 35.5. The quantitative estimate of drug-likeness (QED) is 0.879. The average molecular weight is 253 g/mol. The Labute approximate surface area is 103 Å². The molecular formula is C13H10ClFO2. The van der Waals surface area contributed by atoms with Crippen molar-refractivity contribution in [3.63, 3.8) is 0 Å². The van der Waals surface area contributed by atoms with Gasteiger partial charge in [-0.1, -0.05) is 23.7 Å². The van der Waals surface area contributed by atoms with Crippen molar-refractivity contribution >= 4 is 11.6 Å². The van der Waals surface area contributed by atoms with Crippen molar-refractivity contribution in [2.45, 2.75) is 0 Å². The zero-order valence-corrected chi connectivity index (χ0v) is 9.83. The summed E-state index contributed by atoms with van der Waals surface area (Å²) in [6.07, 6.45) is 0. The van der Waals surface area contributed by atoms with Crippen LogP contribution in [0.1, 0.15) is 0 Å². The Bertz CT molecular complexity index is 555. The second kappa shape index (κ2) is 4.63. The molecule has 2 nitrogen and oxygen atoms in total. The number of halogens is 2. The molecule has 0 saturated carbocycles. The first-order valence-electron chi connectivity index (χ1n) is 4.94. The summed E-state index contributed by atoms with van der Waals surface area (Å²) >= 11 is 5.72. The van der Waals surface area contributed by atoms with Gasteiger partial charge in [0.25, 0.3) is 0 Å². The third-order valence-corrected chi connectivity index (χ3v) is 2.75. The van der Waals surface area contributed by atoms with Crippen molar-refractivity contribution in [3.8, 4) is 22.6 Å². The first-order valence-corrected chi connectivity index (χ1v) is 5.32. The number of hydrogen-bond acceptors (Lipinski definition) is 2. The highest BCUT2D eigenvalue weighted by Gasteiger charge is 2.07. The van der Waals surface area contributed by atoms with E-state index in [4.69, 9.17) is 16.3 Å². The summed E-state index contributed by atoms with van der Waals surface area (Å²) in [5.74, 6) is -0.265. The van der Waals surface area contributed by atoms with Crippen LogP contribution in [0.2, 0.25) is 5.02 Å². The van der Waals surface area contributed by atoms with Gasteiger partial charge in [0.2, 0.25) is 0 Å². The van der Waals surface area contributed by atoms with Gasteiger partial charge in [-0.3, -0.25) is 0 Å². The van der Waals surface area contributed by atoms with Crippen molar-refractivity contribution in [2.75, 3.05) is 7.11 Å². The molecule has 2 rings (SSSR count). The minimum atomic E-state index is -0.422. The standard InChI is InChI=1S/C13H10ClFO2/c1-17-13-7-9(3-5-11(13)15)8-2-4-10(14)12(16)6-8/h2-7,16H,1H3. The van der Waals surface area contributed by atoms with Crippen LogP contribution in [0.3, 0.4) is 0 Å². The van der Waals surface area contributed by atoms with Crippen LogP contribution in [0.5, 0.6) is 11.5 Å². The molecule has 2 aromatic carbocycles. The molecular weight excluding hydrogens is 243 g/mol. The molecule has 1 N–H and O–H groups in total. The SMILES string of the molecule is COc1cc(-c2ccc(Cl)c(O)c2)ccc1F. The number of benzene rings is 2. The number of aromatic hydroxyl groups is 1. The van der Waals surface area contributed by atoms with Gasteiger partial charge in [-0.2, -0.15) is 0 Å². The van der Waals surface area contributed by atoms with Gasteiger partial charge in [-0.25, -0.2) is 4.39 Å². The largest absolute Gasteiger partial charge is 0.506 e. The Kier molecular flexibility index (Phi) is 3.20. The zero-order valence-electron chi connectivity index (χ0n) is 9.08. The summed E-state index contributed by atoms with van der Waals surface area (Å²) in [6.45, 7) is 0. The van der Waals surface area contributed by atoms with E-state index in [-0.39, 0.29) is 16.5 Å². The van der Waals surface area contributed by atoms with Crippen molar-refractivity contribution in [3.05, 3.63) is 47.2 Å². The van der Waals surface area contributed by atoms with Crippen LogP contribution >= 0.6 is 11.6 Å². The summed E-state index contributed by atoms with van der Waals surface area (Å²) in [5, 5.41) is 9.79. The lowest BCUT2D eigenvalue weighted by Crippen LogP contribution is -1.88. The van der Waals surface area contributed by atoms with E-state index in [2.05, 4.69) is 0 Å². The van der Waals surface area contributed by atoms with Gasteiger partial charge in [-0.15, -0.1) is 0 Å². The molecule has 0 amide bonds. The van der Waals surface area contributed by atoms with Crippen LogP contribution in [0.15, 0.2) is 36.4 Å². The van der Waals surface area contributed by atoms with Crippen LogP contribution in [0.25, 0.3) is 11.1 Å². The van der Waals surface area contributed by atoms with E-state index in [1.807, 2.05) is 0 Å². The van der Waals surface area contributed by atoms with Crippen LogP contribution in [0, 0.1) is 5.82 Å². The number of phenols is 1. The number of ether oxygens (including phenoxy) is 1. The predicted molar refractivity (Wildman–Crippen MR) is 65.1 cm³/mol. The fourth-order valence-corrected chi connectivity index (χ4v) is 1.65. The topological polar surface area (TPSA) is 29.5 Å². The van der Waals surface area contributed by atoms with E-state index >= 15 is 0 Å². The summed E-state index contributed by atoms with van der Waals surface area (Å²) in [6, 6.07) is 9.35. The Morgan fingerprint density at radius 2 is 1.76 bits per heavy atom. The average Bonchev–Trinajstić information content (AvgIpc) is 2.33. The van der Waals surface area contributed by atoms with E-state index in [1.165, 1.54) is 19.2 Å². The van der Waals surface area contributed by atoms with Crippen LogP contribution in [-0.4, -0.2) is 12.2 Å². The molecule has 0 heterocycles. The van der Waals surface area contributed by atoms with Gasteiger partial charge in [-0.05, 0) is 35.4 Å².